The smallest absolute Gasteiger partial charge is 0.227 e. The molecule has 1 amide bonds. The summed E-state index contributed by atoms with van der Waals surface area (Å²) in [6.07, 6.45) is 2.11. The topological polar surface area (TPSA) is 47.4 Å². The van der Waals surface area contributed by atoms with Crippen molar-refractivity contribution in [2.45, 2.75) is 46.2 Å². The molecule has 3 aromatic rings. The average Bonchev–Trinajstić information content (AvgIpc) is 3.54. The molecule has 0 atom stereocenters. The third-order valence-corrected chi connectivity index (χ3v) is 5.51. The lowest BCUT2D eigenvalue weighted by atomic mass is 10.1. The number of para-hydroxylation sites is 1. The van der Waals surface area contributed by atoms with Crippen LogP contribution in [0.15, 0.2) is 54.6 Å². The van der Waals surface area contributed by atoms with Crippen molar-refractivity contribution in [3.8, 4) is 17.3 Å². The molecule has 0 aliphatic heterocycles. The zero-order valence-corrected chi connectivity index (χ0v) is 18.3. The van der Waals surface area contributed by atoms with Gasteiger partial charge in [0, 0.05) is 17.0 Å². The minimum atomic E-state index is -0.0456. The van der Waals surface area contributed by atoms with E-state index in [4.69, 9.17) is 21.4 Å². The molecule has 1 saturated carbocycles. The first-order valence-electron chi connectivity index (χ1n) is 10.3. The molecule has 1 fully saturated rings. The summed E-state index contributed by atoms with van der Waals surface area (Å²) in [7, 11) is 0. The molecule has 1 aromatic heterocycles. The molecule has 0 spiro atoms. The number of aromatic nitrogens is 2. The number of aryl methyl sites for hydroxylation is 1. The predicted molar refractivity (Wildman–Crippen MR) is 118 cm³/mol. The lowest BCUT2D eigenvalue weighted by molar-refractivity contribution is -0.135. The van der Waals surface area contributed by atoms with E-state index in [2.05, 4.69) is 0 Å². The Kier molecular flexibility index (Phi) is 5.82. The molecule has 1 heterocycles. The molecular formula is C24H26ClN3O2. The Hall–Kier alpha value is -2.79. The van der Waals surface area contributed by atoms with Gasteiger partial charge in [-0.05, 0) is 56.2 Å². The summed E-state index contributed by atoms with van der Waals surface area (Å²) < 4.78 is 8.13. The lowest BCUT2D eigenvalue weighted by Crippen LogP contribution is -2.35. The van der Waals surface area contributed by atoms with E-state index in [1.54, 1.807) is 12.1 Å². The summed E-state index contributed by atoms with van der Waals surface area (Å²) in [6, 6.07) is 17.5. The number of carbonyl (C=O) groups excluding carboxylic acids is 1. The molecule has 0 saturated heterocycles. The summed E-state index contributed by atoms with van der Waals surface area (Å²) in [5, 5.41) is 5.41. The minimum Gasteiger partial charge on any atom is -0.439 e. The van der Waals surface area contributed by atoms with Crippen molar-refractivity contribution in [1.29, 1.82) is 0 Å². The van der Waals surface area contributed by atoms with Gasteiger partial charge < -0.3 is 9.64 Å². The van der Waals surface area contributed by atoms with Crippen LogP contribution in [0.4, 0.5) is 0 Å². The quantitative estimate of drug-likeness (QED) is 0.484. The third kappa shape index (κ3) is 4.36. The van der Waals surface area contributed by atoms with Crippen LogP contribution in [0.2, 0.25) is 5.02 Å². The molecular weight excluding hydrogens is 398 g/mol. The monoisotopic (exact) mass is 423 g/mol. The highest BCUT2D eigenvalue weighted by atomic mass is 35.5. The fourth-order valence-corrected chi connectivity index (χ4v) is 3.58. The number of nitrogens with zero attached hydrogens (tertiary/aromatic N) is 3. The van der Waals surface area contributed by atoms with E-state index < -0.39 is 0 Å². The third-order valence-electron chi connectivity index (χ3n) is 5.26. The molecule has 0 N–H and O–H groups in total. The van der Waals surface area contributed by atoms with Crippen LogP contribution in [0, 0.1) is 12.8 Å². The highest BCUT2D eigenvalue weighted by Gasteiger charge is 2.35. The van der Waals surface area contributed by atoms with Crippen LogP contribution in [0.5, 0.6) is 11.6 Å². The highest BCUT2D eigenvalue weighted by Crippen LogP contribution is 2.35. The second kappa shape index (κ2) is 8.52. The van der Waals surface area contributed by atoms with Crippen molar-refractivity contribution in [1.82, 2.24) is 14.7 Å². The van der Waals surface area contributed by atoms with Crippen LogP contribution in [-0.2, 0) is 11.3 Å². The fraction of sp³-hybridized carbons (Fsp3) is 0.333. The first-order valence-corrected chi connectivity index (χ1v) is 10.7. The van der Waals surface area contributed by atoms with E-state index >= 15 is 0 Å². The van der Waals surface area contributed by atoms with Crippen LogP contribution < -0.4 is 4.74 Å². The Morgan fingerprint density at radius 3 is 2.43 bits per heavy atom. The zero-order valence-electron chi connectivity index (χ0n) is 17.5. The van der Waals surface area contributed by atoms with Gasteiger partial charge >= 0.3 is 0 Å². The molecule has 156 valence electrons. The Morgan fingerprint density at radius 2 is 1.83 bits per heavy atom. The van der Waals surface area contributed by atoms with Crippen molar-refractivity contribution in [2.24, 2.45) is 5.92 Å². The van der Waals surface area contributed by atoms with Gasteiger partial charge in [0.05, 0.1) is 23.5 Å². The van der Waals surface area contributed by atoms with Crippen molar-refractivity contribution in [3.63, 3.8) is 0 Å². The van der Waals surface area contributed by atoms with Gasteiger partial charge in [-0.15, -0.1) is 0 Å². The second-order valence-corrected chi connectivity index (χ2v) is 8.46. The summed E-state index contributed by atoms with van der Waals surface area (Å²) in [6.45, 7) is 6.35. The number of hydrogen-bond acceptors (Lipinski definition) is 3. The van der Waals surface area contributed by atoms with Gasteiger partial charge in [0.2, 0.25) is 11.8 Å². The van der Waals surface area contributed by atoms with Crippen molar-refractivity contribution in [3.05, 3.63) is 70.9 Å². The van der Waals surface area contributed by atoms with Gasteiger partial charge in [0.1, 0.15) is 5.75 Å². The number of ether oxygens (including phenoxy) is 1. The highest BCUT2D eigenvalue weighted by molar-refractivity contribution is 6.30. The van der Waals surface area contributed by atoms with Gasteiger partial charge in [-0.25, -0.2) is 4.68 Å². The van der Waals surface area contributed by atoms with Crippen LogP contribution in [0.1, 0.15) is 37.9 Å². The maximum atomic E-state index is 12.9. The number of carbonyl (C=O) groups is 1. The summed E-state index contributed by atoms with van der Waals surface area (Å²) in [4.78, 5) is 14.9. The molecule has 30 heavy (non-hydrogen) atoms. The van der Waals surface area contributed by atoms with E-state index in [1.807, 2.05) is 72.8 Å². The molecule has 4 rings (SSSR count). The van der Waals surface area contributed by atoms with E-state index in [1.165, 1.54) is 0 Å². The average molecular weight is 424 g/mol. The maximum Gasteiger partial charge on any atom is 0.227 e. The Bertz CT molecular complexity index is 1020. The largest absolute Gasteiger partial charge is 0.439 e. The molecule has 1 aliphatic carbocycles. The Balaban J connectivity index is 1.76. The predicted octanol–water partition coefficient (Wildman–Crippen LogP) is 5.77. The number of benzene rings is 2. The zero-order chi connectivity index (χ0) is 21.3. The fourth-order valence-electron chi connectivity index (χ4n) is 3.46. The Morgan fingerprint density at radius 1 is 1.17 bits per heavy atom. The summed E-state index contributed by atoms with van der Waals surface area (Å²) >= 11 is 6.04. The molecule has 6 heteroatoms. The normalized spacial score (nSPS) is 13.5. The van der Waals surface area contributed by atoms with Crippen molar-refractivity contribution >= 4 is 17.5 Å². The van der Waals surface area contributed by atoms with E-state index in [-0.39, 0.29) is 11.8 Å². The van der Waals surface area contributed by atoms with Gasteiger partial charge in [0.15, 0.2) is 0 Å². The van der Waals surface area contributed by atoms with Crippen LogP contribution in [0.25, 0.3) is 5.69 Å². The van der Waals surface area contributed by atoms with E-state index in [0.717, 1.165) is 29.8 Å². The Labute approximate surface area is 182 Å². The lowest BCUT2D eigenvalue weighted by Gasteiger charge is -2.25. The van der Waals surface area contributed by atoms with E-state index in [9.17, 15) is 4.79 Å². The van der Waals surface area contributed by atoms with Crippen molar-refractivity contribution in [2.75, 3.05) is 0 Å². The number of amides is 1. The summed E-state index contributed by atoms with van der Waals surface area (Å²) in [5.41, 5.74) is 2.68. The van der Waals surface area contributed by atoms with Gasteiger partial charge in [-0.3, -0.25) is 4.79 Å². The van der Waals surface area contributed by atoms with Crippen LogP contribution in [-0.4, -0.2) is 26.6 Å². The maximum absolute atomic E-state index is 12.9. The molecule has 0 unspecified atom stereocenters. The van der Waals surface area contributed by atoms with Gasteiger partial charge in [-0.2, -0.15) is 5.10 Å². The van der Waals surface area contributed by atoms with Crippen LogP contribution in [0.3, 0.4) is 0 Å². The standard InChI is InChI=1S/C24H26ClN3O2/c1-16(2)23(29)27(19-11-12-19)15-22-17(3)26-28(20-7-5-4-6-8-20)24(22)30-21-13-9-18(25)10-14-21/h4-10,13-14,16,19H,11-12,15H2,1-3H3. The number of rotatable bonds is 7. The first kappa shape index (κ1) is 20.5. The molecule has 5 nitrogen and oxygen atoms in total. The summed E-state index contributed by atoms with van der Waals surface area (Å²) in [5.74, 6) is 1.42. The molecule has 2 aromatic carbocycles. The molecule has 0 radical (unpaired) electrons. The van der Waals surface area contributed by atoms with Gasteiger partial charge in [0.25, 0.3) is 0 Å². The van der Waals surface area contributed by atoms with E-state index in [0.29, 0.717) is 29.2 Å². The number of halogens is 1. The molecule has 1 aliphatic rings. The first-order chi connectivity index (χ1) is 14.4. The SMILES string of the molecule is Cc1nn(-c2ccccc2)c(Oc2ccc(Cl)cc2)c1CN(C(=O)C(C)C)C1CC1. The van der Waals surface area contributed by atoms with Crippen molar-refractivity contribution < 1.29 is 9.53 Å². The number of hydrogen-bond donors (Lipinski definition) is 0. The van der Waals surface area contributed by atoms with Gasteiger partial charge in [-0.1, -0.05) is 43.6 Å². The molecule has 0 bridgehead atoms. The second-order valence-electron chi connectivity index (χ2n) is 8.02. The van der Waals surface area contributed by atoms with Crippen LogP contribution >= 0.6 is 11.6 Å². The minimum absolute atomic E-state index is 0.0456.